The Kier molecular flexibility index (Phi) is 5.89. The van der Waals surface area contributed by atoms with E-state index in [1.165, 1.54) is 24.9 Å². The number of amides is 2. The number of carbonyl (C=O) groups excluding carboxylic acids is 2. The first kappa shape index (κ1) is 18.0. The van der Waals surface area contributed by atoms with Gasteiger partial charge in [-0.25, -0.2) is 0 Å². The maximum Gasteiger partial charge on any atom is 0.251 e. The lowest BCUT2D eigenvalue weighted by atomic mass is 10.1. The number of nitrogens with zero attached hydrogens (tertiary/aromatic N) is 1. The number of benzene rings is 2. The number of hydrogen-bond acceptors (Lipinski definition) is 3. The fraction of sp³-hybridized carbons (Fsp3) is 0.333. The number of carbonyl (C=O) groups is 2. The molecule has 0 aromatic heterocycles. The van der Waals surface area contributed by atoms with Gasteiger partial charge in [0.2, 0.25) is 5.91 Å². The number of hydrogen-bond donors (Lipinski definition) is 2. The summed E-state index contributed by atoms with van der Waals surface area (Å²) in [5.74, 6) is -0.492. The second-order valence-corrected chi connectivity index (χ2v) is 6.65. The molecule has 5 heteroatoms. The Balaban J connectivity index is 1.54. The topological polar surface area (TPSA) is 61.4 Å². The van der Waals surface area contributed by atoms with Crippen molar-refractivity contribution in [2.24, 2.45) is 0 Å². The lowest BCUT2D eigenvalue weighted by molar-refractivity contribution is -0.117. The first-order valence-corrected chi connectivity index (χ1v) is 9.15. The van der Waals surface area contributed by atoms with Crippen molar-refractivity contribution in [3.63, 3.8) is 0 Å². The molecule has 1 fully saturated rings. The number of anilines is 2. The largest absolute Gasteiger partial charge is 0.372 e. The molecule has 0 spiro atoms. The molecule has 0 radical (unpaired) electrons. The average Bonchev–Trinajstić information content (AvgIpc) is 2.70. The van der Waals surface area contributed by atoms with Gasteiger partial charge in [-0.05, 0) is 62.6 Å². The minimum atomic E-state index is -0.621. The van der Waals surface area contributed by atoms with Crippen LogP contribution < -0.4 is 15.5 Å². The van der Waals surface area contributed by atoms with Crippen molar-refractivity contribution in [1.29, 1.82) is 0 Å². The minimum Gasteiger partial charge on any atom is -0.372 e. The highest BCUT2D eigenvalue weighted by Crippen LogP contribution is 2.21. The molecule has 0 saturated carbocycles. The average molecular weight is 351 g/mol. The Morgan fingerprint density at radius 1 is 0.923 bits per heavy atom. The van der Waals surface area contributed by atoms with E-state index in [1.807, 2.05) is 30.3 Å². The van der Waals surface area contributed by atoms with Crippen molar-refractivity contribution in [2.45, 2.75) is 32.2 Å². The third-order valence-electron chi connectivity index (χ3n) is 4.63. The van der Waals surface area contributed by atoms with Gasteiger partial charge in [0, 0.05) is 30.0 Å². The molecular formula is C21H25N3O2. The normalized spacial score (nSPS) is 15.2. The van der Waals surface area contributed by atoms with E-state index in [-0.39, 0.29) is 11.8 Å². The molecule has 136 valence electrons. The van der Waals surface area contributed by atoms with Crippen LogP contribution in [0, 0.1) is 0 Å². The monoisotopic (exact) mass is 351 g/mol. The Hall–Kier alpha value is -2.82. The zero-order chi connectivity index (χ0) is 18.4. The molecule has 0 aliphatic carbocycles. The van der Waals surface area contributed by atoms with Gasteiger partial charge in [-0.15, -0.1) is 0 Å². The SMILES string of the molecule is CC(NC(=O)c1ccccc1)C(=O)Nc1ccc(N2CCCCC2)cc1. The van der Waals surface area contributed by atoms with E-state index in [4.69, 9.17) is 0 Å². The van der Waals surface area contributed by atoms with Gasteiger partial charge in [-0.2, -0.15) is 0 Å². The van der Waals surface area contributed by atoms with Crippen LogP contribution in [0.2, 0.25) is 0 Å². The van der Waals surface area contributed by atoms with Gasteiger partial charge in [0.15, 0.2) is 0 Å². The van der Waals surface area contributed by atoms with Crippen LogP contribution in [0.5, 0.6) is 0 Å². The summed E-state index contributed by atoms with van der Waals surface area (Å²) in [7, 11) is 0. The highest BCUT2D eigenvalue weighted by molar-refractivity contribution is 6.00. The molecule has 1 saturated heterocycles. The van der Waals surface area contributed by atoms with E-state index in [9.17, 15) is 9.59 Å². The van der Waals surface area contributed by atoms with E-state index < -0.39 is 6.04 Å². The molecule has 2 N–H and O–H groups in total. The van der Waals surface area contributed by atoms with Crippen molar-refractivity contribution in [1.82, 2.24) is 5.32 Å². The van der Waals surface area contributed by atoms with Crippen LogP contribution in [0.3, 0.4) is 0 Å². The first-order valence-electron chi connectivity index (χ1n) is 9.15. The maximum atomic E-state index is 12.3. The molecule has 3 rings (SSSR count). The summed E-state index contributed by atoms with van der Waals surface area (Å²) in [6.07, 6.45) is 3.77. The van der Waals surface area contributed by atoms with Gasteiger partial charge >= 0.3 is 0 Å². The molecule has 5 nitrogen and oxygen atoms in total. The highest BCUT2D eigenvalue weighted by Gasteiger charge is 2.17. The smallest absolute Gasteiger partial charge is 0.251 e. The van der Waals surface area contributed by atoms with E-state index in [2.05, 4.69) is 15.5 Å². The molecule has 2 aromatic rings. The standard InChI is InChI=1S/C21H25N3O2/c1-16(22-21(26)17-8-4-2-5-9-17)20(25)23-18-10-12-19(13-11-18)24-14-6-3-7-15-24/h2,4-5,8-13,16H,3,6-7,14-15H2,1H3,(H,22,26)(H,23,25). The van der Waals surface area contributed by atoms with Gasteiger partial charge in [0.25, 0.3) is 5.91 Å². The van der Waals surface area contributed by atoms with Crippen LogP contribution in [0.15, 0.2) is 54.6 Å². The summed E-state index contributed by atoms with van der Waals surface area (Å²) < 4.78 is 0. The molecule has 1 aliphatic heterocycles. The van der Waals surface area contributed by atoms with Crippen molar-refractivity contribution >= 4 is 23.2 Å². The highest BCUT2D eigenvalue weighted by atomic mass is 16.2. The van der Waals surface area contributed by atoms with Crippen molar-refractivity contribution in [2.75, 3.05) is 23.3 Å². The first-order chi connectivity index (χ1) is 12.6. The number of nitrogens with one attached hydrogen (secondary N) is 2. The van der Waals surface area contributed by atoms with E-state index in [1.54, 1.807) is 31.2 Å². The lowest BCUT2D eigenvalue weighted by Crippen LogP contribution is -2.41. The second kappa shape index (κ2) is 8.52. The number of rotatable bonds is 5. The third-order valence-corrected chi connectivity index (χ3v) is 4.63. The third kappa shape index (κ3) is 4.63. The molecule has 1 atom stereocenters. The van der Waals surface area contributed by atoms with E-state index in [0.29, 0.717) is 5.56 Å². The fourth-order valence-corrected chi connectivity index (χ4v) is 3.09. The van der Waals surface area contributed by atoms with Gasteiger partial charge in [-0.1, -0.05) is 18.2 Å². The lowest BCUT2D eigenvalue weighted by Gasteiger charge is -2.28. The van der Waals surface area contributed by atoms with Crippen LogP contribution in [-0.4, -0.2) is 30.9 Å². The molecule has 1 heterocycles. The van der Waals surface area contributed by atoms with Gasteiger partial charge in [-0.3, -0.25) is 9.59 Å². The molecule has 26 heavy (non-hydrogen) atoms. The summed E-state index contributed by atoms with van der Waals surface area (Å²) >= 11 is 0. The summed E-state index contributed by atoms with van der Waals surface area (Å²) in [5, 5.41) is 5.58. The predicted molar refractivity (Wildman–Crippen MR) is 105 cm³/mol. The quantitative estimate of drug-likeness (QED) is 0.867. The Labute approximate surface area is 154 Å². The molecular weight excluding hydrogens is 326 g/mol. The molecule has 1 unspecified atom stereocenters. The van der Waals surface area contributed by atoms with Gasteiger partial charge in [0.1, 0.15) is 6.04 Å². The van der Waals surface area contributed by atoms with Gasteiger partial charge in [0.05, 0.1) is 0 Å². The Morgan fingerprint density at radius 3 is 2.23 bits per heavy atom. The van der Waals surface area contributed by atoms with Crippen LogP contribution >= 0.6 is 0 Å². The van der Waals surface area contributed by atoms with Crippen LogP contribution in [0.4, 0.5) is 11.4 Å². The zero-order valence-corrected chi connectivity index (χ0v) is 15.1. The Morgan fingerprint density at radius 2 is 1.58 bits per heavy atom. The van der Waals surface area contributed by atoms with E-state index >= 15 is 0 Å². The van der Waals surface area contributed by atoms with Crippen LogP contribution in [0.1, 0.15) is 36.5 Å². The number of piperidine rings is 1. The predicted octanol–water partition coefficient (Wildman–Crippen LogP) is 3.43. The minimum absolute atomic E-state index is 0.236. The second-order valence-electron chi connectivity index (χ2n) is 6.65. The molecule has 0 bridgehead atoms. The summed E-state index contributed by atoms with van der Waals surface area (Å²) in [6.45, 7) is 3.86. The molecule has 2 aromatic carbocycles. The fourth-order valence-electron chi connectivity index (χ4n) is 3.09. The Bertz CT molecular complexity index is 738. The molecule has 2 amide bonds. The maximum absolute atomic E-state index is 12.3. The van der Waals surface area contributed by atoms with E-state index in [0.717, 1.165) is 18.8 Å². The van der Waals surface area contributed by atoms with Crippen LogP contribution in [-0.2, 0) is 4.79 Å². The summed E-state index contributed by atoms with van der Waals surface area (Å²) in [5.41, 5.74) is 2.46. The van der Waals surface area contributed by atoms with Crippen molar-refractivity contribution in [3.8, 4) is 0 Å². The molecule has 1 aliphatic rings. The van der Waals surface area contributed by atoms with Crippen LogP contribution in [0.25, 0.3) is 0 Å². The van der Waals surface area contributed by atoms with Crippen molar-refractivity contribution in [3.05, 3.63) is 60.2 Å². The van der Waals surface area contributed by atoms with Gasteiger partial charge < -0.3 is 15.5 Å². The summed E-state index contributed by atoms with van der Waals surface area (Å²) in [6, 6.07) is 16.2. The zero-order valence-electron chi connectivity index (χ0n) is 15.1. The van der Waals surface area contributed by atoms with Crippen molar-refractivity contribution < 1.29 is 9.59 Å². The summed E-state index contributed by atoms with van der Waals surface area (Å²) in [4.78, 5) is 26.8.